The summed E-state index contributed by atoms with van der Waals surface area (Å²) in [5, 5.41) is 7.67. The van der Waals surface area contributed by atoms with Crippen LogP contribution >= 0.6 is 11.3 Å². The van der Waals surface area contributed by atoms with Gasteiger partial charge in [0.1, 0.15) is 12.1 Å². The Bertz CT molecular complexity index is 1040. The molecule has 2 N–H and O–H groups in total. The molecule has 4 rings (SSSR count). The lowest BCUT2D eigenvalue weighted by Gasteiger charge is -2.08. The normalized spacial score (nSPS) is 10.8. The van der Waals surface area contributed by atoms with Gasteiger partial charge in [0.2, 0.25) is 0 Å². The van der Waals surface area contributed by atoms with Crippen molar-refractivity contribution in [2.24, 2.45) is 0 Å². The predicted octanol–water partition coefficient (Wildman–Crippen LogP) is 4.11. The Morgan fingerprint density at radius 1 is 1.15 bits per heavy atom. The molecule has 6 nitrogen and oxygen atoms in total. The molecule has 0 atom stereocenters. The van der Waals surface area contributed by atoms with Gasteiger partial charge in [-0.3, -0.25) is 4.57 Å². The SMILES string of the molecule is Cc1ccc(CNC(=O)Nc2ccc3c(c2)ncn3-c2cscn2)cc1. The molecule has 2 aromatic carbocycles. The van der Waals surface area contributed by atoms with Gasteiger partial charge in [-0.25, -0.2) is 14.8 Å². The number of nitrogens with one attached hydrogen (secondary N) is 2. The largest absolute Gasteiger partial charge is 0.334 e. The number of amides is 2. The lowest BCUT2D eigenvalue weighted by molar-refractivity contribution is 0.251. The second-order valence-electron chi connectivity index (χ2n) is 5.96. The van der Waals surface area contributed by atoms with E-state index in [0.717, 1.165) is 22.4 Å². The van der Waals surface area contributed by atoms with Crippen LogP contribution in [0.3, 0.4) is 0 Å². The quantitative estimate of drug-likeness (QED) is 0.573. The Kier molecular flexibility index (Phi) is 4.37. The number of imidazole rings is 1. The van der Waals surface area contributed by atoms with Gasteiger partial charge in [-0.05, 0) is 30.7 Å². The van der Waals surface area contributed by atoms with Crippen LogP contribution in [0.5, 0.6) is 0 Å². The number of nitrogens with zero attached hydrogens (tertiary/aromatic N) is 3. The molecule has 0 saturated carbocycles. The van der Waals surface area contributed by atoms with Crippen molar-refractivity contribution in [3.63, 3.8) is 0 Å². The number of aryl methyl sites for hydroxylation is 1. The van der Waals surface area contributed by atoms with Gasteiger partial charge in [0.15, 0.2) is 0 Å². The second kappa shape index (κ2) is 6.97. The standard InChI is InChI=1S/C19H17N5OS/c1-13-2-4-14(5-3-13)9-20-19(25)23-15-6-7-17-16(8-15)21-11-24(17)18-10-26-12-22-18/h2-8,10-12H,9H2,1H3,(H2,20,23,25). The zero-order valence-electron chi connectivity index (χ0n) is 14.1. The van der Waals surface area contributed by atoms with Crippen molar-refractivity contribution in [3.05, 3.63) is 70.8 Å². The molecule has 4 aromatic rings. The number of aromatic nitrogens is 3. The number of anilines is 1. The van der Waals surface area contributed by atoms with Crippen molar-refractivity contribution in [1.82, 2.24) is 19.9 Å². The number of thiazole rings is 1. The summed E-state index contributed by atoms with van der Waals surface area (Å²) < 4.78 is 1.92. The number of carbonyl (C=O) groups excluding carboxylic acids is 1. The van der Waals surface area contributed by atoms with E-state index in [1.165, 1.54) is 16.9 Å². The minimum atomic E-state index is -0.246. The van der Waals surface area contributed by atoms with E-state index in [-0.39, 0.29) is 6.03 Å². The van der Waals surface area contributed by atoms with Crippen LogP contribution in [0.25, 0.3) is 16.9 Å². The average Bonchev–Trinajstić information content (AvgIpc) is 3.30. The summed E-state index contributed by atoms with van der Waals surface area (Å²) in [6, 6.07) is 13.5. The van der Waals surface area contributed by atoms with Crippen molar-refractivity contribution < 1.29 is 4.79 Å². The lowest BCUT2D eigenvalue weighted by atomic mass is 10.1. The Labute approximate surface area is 154 Å². The predicted molar refractivity (Wildman–Crippen MR) is 104 cm³/mol. The van der Waals surface area contributed by atoms with Gasteiger partial charge >= 0.3 is 6.03 Å². The highest BCUT2D eigenvalue weighted by Crippen LogP contribution is 2.21. The molecule has 26 heavy (non-hydrogen) atoms. The van der Waals surface area contributed by atoms with Crippen LogP contribution in [0.4, 0.5) is 10.5 Å². The average molecular weight is 363 g/mol. The van der Waals surface area contributed by atoms with Crippen molar-refractivity contribution >= 4 is 34.1 Å². The minimum Gasteiger partial charge on any atom is -0.334 e. The molecule has 0 fully saturated rings. The van der Waals surface area contributed by atoms with E-state index in [2.05, 4.69) is 20.6 Å². The fourth-order valence-corrected chi connectivity index (χ4v) is 3.19. The summed E-state index contributed by atoms with van der Waals surface area (Å²) in [6.45, 7) is 2.52. The van der Waals surface area contributed by atoms with Gasteiger partial charge in [-0.15, -0.1) is 11.3 Å². The summed E-state index contributed by atoms with van der Waals surface area (Å²) >= 11 is 1.54. The van der Waals surface area contributed by atoms with Crippen LogP contribution in [0.2, 0.25) is 0 Å². The molecule has 0 bridgehead atoms. The van der Waals surface area contributed by atoms with Crippen LogP contribution < -0.4 is 10.6 Å². The second-order valence-corrected chi connectivity index (χ2v) is 6.68. The van der Waals surface area contributed by atoms with E-state index in [1.807, 2.05) is 59.3 Å². The molecule has 2 heterocycles. The van der Waals surface area contributed by atoms with Crippen molar-refractivity contribution in [2.45, 2.75) is 13.5 Å². The highest BCUT2D eigenvalue weighted by Gasteiger charge is 2.08. The van der Waals surface area contributed by atoms with E-state index in [0.29, 0.717) is 12.2 Å². The van der Waals surface area contributed by atoms with Crippen LogP contribution in [-0.2, 0) is 6.54 Å². The number of rotatable bonds is 4. The fourth-order valence-electron chi connectivity index (χ4n) is 2.66. The van der Waals surface area contributed by atoms with Gasteiger partial charge in [0, 0.05) is 17.6 Å². The molecule has 2 amide bonds. The summed E-state index contributed by atoms with van der Waals surface area (Å²) in [6.07, 6.45) is 1.74. The maximum atomic E-state index is 12.1. The first-order chi connectivity index (χ1) is 12.7. The van der Waals surface area contributed by atoms with Crippen molar-refractivity contribution in [3.8, 4) is 5.82 Å². The molecule has 0 radical (unpaired) electrons. The monoisotopic (exact) mass is 363 g/mol. The van der Waals surface area contributed by atoms with Gasteiger partial charge < -0.3 is 10.6 Å². The van der Waals surface area contributed by atoms with Crippen LogP contribution in [0, 0.1) is 6.92 Å². The fraction of sp³-hybridized carbons (Fsp3) is 0.105. The Balaban J connectivity index is 1.44. The summed E-state index contributed by atoms with van der Waals surface area (Å²) in [5.41, 5.74) is 6.49. The third kappa shape index (κ3) is 3.43. The number of carbonyl (C=O) groups is 1. The maximum absolute atomic E-state index is 12.1. The number of hydrogen-bond donors (Lipinski definition) is 2. The van der Waals surface area contributed by atoms with Crippen LogP contribution in [0.1, 0.15) is 11.1 Å². The van der Waals surface area contributed by atoms with E-state index >= 15 is 0 Å². The molecule has 0 aliphatic rings. The van der Waals surface area contributed by atoms with Gasteiger partial charge in [0.25, 0.3) is 0 Å². The van der Waals surface area contributed by atoms with E-state index in [1.54, 1.807) is 11.8 Å². The third-order valence-corrected chi connectivity index (χ3v) is 4.62. The molecule has 130 valence electrons. The Morgan fingerprint density at radius 3 is 2.77 bits per heavy atom. The first-order valence-electron chi connectivity index (χ1n) is 8.15. The van der Waals surface area contributed by atoms with Crippen LogP contribution in [0.15, 0.2) is 59.7 Å². The van der Waals surface area contributed by atoms with Gasteiger partial charge in [0.05, 0.1) is 16.5 Å². The molecule has 0 aliphatic carbocycles. The number of urea groups is 1. The van der Waals surface area contributed by atoms with Crippen LogP contribution in [-0.4, -0.2) is 20.6 Å². The molecule has 2 aromatic heterocycles. The van der Waals surface area contributed by atoms with E-state index in [9.17, 15) is 4.79 Å². The smallest absolute Gasteiger partial charge is 0.319 e. The Morgan fingerprint density at radius 2 is 2.00 bits per heavy atom. The first-order valence-corrected chi connectivity index (χ1v) is 9.09. The van der Waals surface area contributed by atoms with Crippen molar-refractivity contribution in [1.29, 1.82) is 0 Å². The molecule has 0 aliphatic heterocycles. The number of benzene rings is 2. The zero-order chi connectivity index (χ0) is 17.9. The molecule has 0 unspecified atom stereocenters. The molecule has 0 saturated heterocycles. The van der Waals surface area contributed by atoms with E-state index in [4.69, 9.17) is 0 Å². The molecule has 0 spiro atoms. The summed E-state index contributed by atoms with van der Waals surface area (Å²) in [4.78, 5) is 20.8. The number of hydrogen-bond acceptors (Lipinski definition) is 4. The first kappa shape index (κ1) is 16.3. The Hall–Kier alpha value is -3.19. The minimum absolute atomic E-state index is 0.246. The molecular weight excluding hydrogens is 346 g/mol. The summed E-state index contributed by atoms with van der Waals surface area (Å²) in [5.74, 6) is 0.842. The third-order valence-electron chi connectivity index (χ3n) is 4.04. The molecule has 7 heteroatoms. The van der Waals surface area contributed by atoms with E-state index < -0.39 is 0 Å². The molecular formula is C19H17N5OS. The maximum Gasteiger partial charge on any atom is 0.319 e. The lowest BCUT2D eigenvalue weighted by Crippen LogP contribution is -2.28. The summed E-state index contributed by atoms with van der Waals surface area (Å²) in [7, 11) is 0. The zero-order valence-corrected chi connectivity index (χ0v) is 15.0. The van der Waals surface area contributed by atoms with Gasteiger partial charge in [-0.2, -0.15) is 0 Å². The number of fused-ring (bicyclic) bond motifs is 1. The topological polar surface area (TPSA) is 71.8 Å². The van der Waals surface area contributed by atoms with Crippen molar-refractivity contribution in [2.75, 3.05) is 5.32 Å². The van der Waals surface area contributed by atoms with Gasteiger partial charge in [-0.1, -0.05) is 29.8 Å². The highest BCUT2D eigenvalue weighted by atomic mass is 32.1. The highest BCUT2D eigenvalue weighted by molar-refractivity contribution is 7.07.